The predicted molar refractivity (Wildman–Crippen MR) is 277 cm³/mol. The van der Waals surface area contributed by atoms with Crippen molar-refractivity contribution in [3.63, 3.8) is 0 Å². The summed E-state index contributed by atoms with van der Waals surface area (Å²) in [6, 6.07) is -0.818. The lowest BCUT2D eigenvalue weighted by molar-refractivity contribution is -0.302. The number of hydrogen-bond donors (Lipinski definition) is 6. The van der Waals surface area contributed by atoms with Gasteiger partial charge in [-0.3, -0.25) is 4.79 Å². The Balaban J connectivity index is 2.24. The van der Waals surface area contributed by atoms with E-state index in [0.29, 0.717) is 6.42 Å². The van der Waals surface area contributed by atoms with Crippen LogP contribution in [0, 0.1) is 0 Å². The molecular formula is C57H109NO8. The molecule has 9 heteroatoms. The third-order valence-electron chi connectivity index (χ3n) is 13.8. The number of carbonyl (C=O) groups is 1. The minimum Gasteiger partial charge on any atom is -0.394 e. The maximum absolute atomic E-state index is 13.0. The second-order valence-corrected chi connectivity index (χ2v) is 20.1. The zero-order valence-corrected chi connectivity index (χ0v) is 43.2. The van der Waals surface area contributed by atoms with Crippen LogP contribution in [-0.4, -0.2) is 87.5 Å². The van der Waals surface area contributed by atoms with E-state index >= 15 is 0 Å². The van der Waals surface area contributed by atoms with Gasteiger partial charge in [-0.05, 0) is 32.1 Å². The van der Waals surface area contributed by atoms with Gasteiger partial charge in [-0.25, -0.2) is 0 Å². The van der Waals surface area contributed by atoms with Gasteiger partial charge in [-0.1, -0.05) is 263 Å². The van der Waals surface area contributed by atoms with E-state index in [9.17, 15) is 30.3 Å². The van der Waals surface area contributed by atoms with E-state index in [-0.39, 0.29) is 12.5 Å². The van der Waals surface area contributed by atoms with E-state index in [4.69, 9.17) is 9.47 Å². The highest BCUT2D eigenvalue weighted by Gasteiger charge is 2.44. The molecule has 1 aliphatic heterocycles. The van der Waals surface area contributed by atoms with E-state index in [1.54, 1.807) is 6.08 Å². The van der Waals surface area contributed by atoms with Crippen LogP contribution in [0.3, 0.4) is 0 Å². The van der Waals surface area contributed by atoms with Crippen LogP contribution in [0.15, 0.2) is 24.3 Å². The fraction of sp³-hybridized carbons (Fsp3) is 0.912. The number of allylic oxidation sites excluding steroid dienone is 3. The summed E-state index contributed by atoms with van der Waals surface area (Å²) in [5.74, 6) is -0.182. The molecule has 0 aromatic rings. The Morgan fingerprint density at radius 3 is 1.27 bits per heavy atom. The van der Waals surface area contributed by atoms with Crippen LogP contribution in [-0.2, 0) is 14.3 Å². The molecule has 1 fully saturated rings. The summed E-state index contributed by atoms with van der Waals surface area (Å²) in [5, 5.41) is 54.4. The molecule has 1 rings (SSSR count). The van der Waals surface area contributed by atoms with E-state index in [1.165, 1.54) is 218 Å². The second kappa shape index (κ2) is 47.4. The van der Waals surface area contributed by atoms with E-state index in [0.717, 1.165) is 38.5 Å². The zero-order valence-electron chi connectivity index (χ0n) is 43.2. The number of nitrogens with one attached hydrogen (secondary N) is 1. The van der Waals surface area contributed by atoms with Crippen molar-refractivity contribution in [1.82, 2.24) is 5.32 Å². The molecule has 1 amide bonds. The largest absolute Gasteiger partial charge is 0.394 e. The van der Waals surface area contributed by atoms with E-state index < -0.39 is 49.5 Å². The molecular weight excluding hydrogens is 827 g/mol. The number of hydrogen-bond acceptors (Lipinski definition) is 8. The fourth-order valence-electron chi connectivity index (χ4n) is 9.23. The van der Waals surface area contributed by atoms with Crippen molar-refractivity contribution < 1.29 is 39.8 Å². The highest BCUT2D eigenvalue weighted by molar-refractivity contribution is 5.76. The molecule has 390 valence electrons. The van der Waals surface area contributed by atoms with Crippen LogP contribution in [0.2, 0.25) is 0 Å². The molecule has 7 atom stereocenters. The summed E-state index contributed by atoms with van der Waals surface area (Å²) in [5.41, 5.74) is 0. The first-order valence-electron chi connectivity index (χ1n) is 28.6. The Labute approximate surface area is 407 Å². The topological polar surface area (TPSA) is 149 Å². The van der Waals surface area contributed by atoms with Gasteiger partial charge in [0.15, 0.2) is 6.29 Å². The minimum atomic E-state index is -1.57. The SMILES string of the molecule is CCCCCCCCCCCCCCCCCCCCCC/C=C/CC/C=C/C(O)C(COC1OC(CO)C(O)C(O)C1O)NC(=O)CCCCCCCCCCCCCCCCCCC. The van der Waals surface area contributed by atoms with Crippen LogP contribution < -0.4 is 5.32 Å². The van der Waals surface area contributed by atoms with Crippen molar-refractivity contribution in [3.8, 4) is 0 Å². The molecule has 0 spiro atoms. The number of aliphatic hydroxyl groups excluding tert-OH is 5. The monoisotopic (exact) mass is 936 g/mol. The molecule has 0 aliphatic carbocycles. The second-order valence-electron chi connectivity index (χ2n) is 20.1. The molecule has 9 nitrogen and oxygen atoms in total. The van der Waals surface area contributed by atoms with Gasteiger partial charge in [-0.15, -0.1) is 0 Å². The highest BCUT2D eigenvalue weighted by Crippen LogP contribution is 2.23. The standard InChI is InChI=1S/C57H109NO8/c1-3-5-7-9-11-13-15-17-19-21-22-23-24-25-26-27-28-29-31-32-34-36-38-40-42-44-46-51(60)50(49-65-57-56(64)55(63)54(62)52(48-59)66-57)58-53(61)47-45-43-41-39-37-35-33-30-20-18-16-14-12-10-8-6-4-2/h36,38,44,46,50-52,54-57,59-60,62-64H,3-35,37,39-43,45,47-49H2,1-2H3,(H,58,61)/b38-36+,46-44+. The Hall–Kier alpha value is -1.33. The number of ether oxygens (including phenoxy) is 2. The van der Waals surface area contributed by atoms with Gasteiger partial charge in [0.2, 0.25) is 5.91 Å². The average Bonchev–Trinajstić information content (AvgIpc) is 3.32. The summed E-state index contributed by atoms with van der Waals surface area (Å²) in [4.78, 5) is 13.0. The lowest BCUT2D eigenvalue weighted by Gasteiger charge is -2.40. The van der Waals surface area contributed by atoms with Gasteiger partial charge in [-0.2, -0.15) is 0 Å². The van der Waals surface area contributed by atoms with Crippen molar-refractivity contribution in [1.29, 1.82) is 0 Å². The van der Waals surface area contributed by atoms with Crippen molar-refractivity contribution >= 4 is 5.91 Å². The maximum Gasteiger partial charge on any atom is 0.220 e. The molecule has 1 saturated heterocycles. The molecule has 66 heavy (non-hydrogen) atoms. The molecule has 7 unspecified atom stereocenters. The quantitative estimate of drug-likeness (QED) is 0.0261. The lowest BCUT2D eigenvalue weighted by atomic mass is 9.99. The predicted octanol–water partition coefficient (Wildman–Crippen LogP) is 13.8. The third kappa shape index (κ3) is 36.6. The summed E-state index contributed by atoms with van der Waals surface area (Å²) in [6.45, 7) is 3.80. The summed E-state index contributed by atoms with van der Waals surface area (Å²) in [7, 11) is 0. The number of carbonyl (C=O) groups excluding carboxylic acids is 1. The number of amides is 1. The van der Waals surface area contributed by atoms with Crippen LogP contribution in [0.25, 0.3) is 0 Å². The first-order valence-corrected chi connectivity index (χ1v) is 28.6. The summed E-state index contributed by atoms with van der Waals surface area (Å²) in [6.07, 6.45) is 52.5. The van der Waals surface area contributed by atoms with Gasteiger partial charge in [0.1, 0.15) is 24.4 Å². The normalized spacial score (nSPS) is 19.9. The number of unbranched alkanes of at least 4 members (excludes halogenated alkanes) is 37. The van der Waals surface area contributed by atoms with Crippen molar-refractivity contribution in [2.24, 2.45) is 0 Å². The van der Waals surface area contributed by atoms with Crippen LogP contribution in [0.1, 0.15) is 277 Å². The summed E-state index contributed by atoms with van der Waals surface area (Å²) >= 11 is 0. The molecule has 1 aliphatic rings. The molecule has 0 aromatic carbocycles. The van der Waals surface area contributed by atoms with Gasteiger partial charge in [0.05, 0.1) is 25.4 Å². The third-order valence-corrected chi connectivity index (χ3v) is 13.8. The molecule has 6 N–H and O–H groups in total. The smallest absolute Gasteiger partial charge is 0.220 e. The molecule has 0 radical (unpaired) electrons. The lowest BCUT2D eigenvalue weighted by Crippen LogP contribution is -2.60. The van der Waals surface area contributed by atoms with Crippen LogP contribution in [0.5, 0.6) is 0 Å². The molecule has 0 saturated carbocycles. The molecule has 1 heterocycles. The fourth-order valence-corrected chi connectivity index (χ4v) is 9.23. The molecule has 0 aromatic heterocycles. The number of aliphatic hydroxyl groups is 5. The first-order chi connectivity index (χ1) is 32.3. The van der Waals surface area contributed by atoms with Gasteiger partial charge < -0.3 is 40.3 Å². The van der Waals surface area contributed by atoms with Crippen molar-refractivity contribution in [3.05, 3.63) is 24.3 Å². The van der Waals surface area contributed by atoms with E-state index in [2.05, 4.69) is 31.3 Å². The van der Waals surface area contributed by atoms with Crippen LogP contribution in [0.4, 0.5) is 0 Å². The Bertz CT molecular complexity index is 1090. The first kappa shape index (κ1) is 62.7. The Morgan fingerprint density at radius 1 is 0.500 bits per heavy atom. The van der Waals surface area contributed by atoms with Gasteiger partial charge >= 0.3 is 0 Å². The highest BCUT2D eigenvalue weighted by atomic mass is 16.7. The molecule has 0 bridgehead atoms. The minimum absolute atomic E-state index is 0.182. The Kier molecular flexibility index (Phi) is 45.0. The van der Waals surface area contributed by atoms with Gasteiger partial charge in [0.25, 0.3) is 0 Å². The average molecular weight is 936 g/mol. The number of rotatable bonds is 49. The zero-order chi connectivity index (χ0) is 48.0. The van der Waals surface area contributed by atoms with E-state index in [1.807, 2.05) is 6.08 Å². The van der Waals surface area contributed by atoms with Crippen molar-refractivity contribution in [2.75, 3.05) is 13.2 Å². The van der Waals surface area contributed by atoms with Crippen molar-refractivity contribution in [2.45, 2.75) is 320 Å². The van der Waals surface area contributed by atoms with Gasteiger partial charge in [0, 0.05) is 6.42 Å². The summed E-state index contributed by atoms with van der Waals surface area (Å²) < 4.78 is 11.3. The Morgan fingerprint density at radius 2 is 0.864 bits per heavy atom. The maximum atomic E-state index is 13.0. The van der Waals surface area contributed by atoms with Crippen LogP contribution >= 0.6 is 0 Å².